The van der Waals surface area contributed by atoms with Crippen LogP contribution in [0.4, 0.5) is 10.5 Å². The number of halogens is 1. The van der Waals surface area contributed by atoms with E-state index in [1.54, 1.807) is 46.8 Å². The first-order valence-electron chi connectivity index (χ1n) is 13.9. The maximum Gasteiger partial charge on any atom is 0.413 e. The van der Waals surface area contributed by atoms with Gasteiger partial charge in [-0.3, -0.25) is 19.8 Å². The number of ether oxygens (including phenoxy) is 2. The van der Waals surface area contributed by atoms with E-state index in [1.807, 2.05) is 12.1 Å². The number of nitro benzene ring substituents is 1. The summed E-state index contributed by atoms with van der Waals surface area (Å²) in [5.74, 6) is -0.500. The maximum atomic E-state index is 14.0. The number of nitrogens with zero attached hydrogens (tertiary/aromatic N) is 3. The fourth-order valence-electron chi connectivity index (χ4n) is 5.47. The van der Waals surface area contributed by atoms with E-state index < -0.39 is 49.9 Å². The first-order valence-corrected chi connectivity index (χ1v) is 15.7. The molecule has 2 heterocycles. The largest absolute Gasteiger partial charge is 0.444 e. The number of hydrogen-bond acceptors (Lipinski definition) is 8. The Bertz CT molecular complexity index is 1480. The van der Waals surface area contributed by atoms with Crippen molar-refractivity contribution >= 4 is 39.3 Å². The van der Waals surface area contributed by atoms with E-state index in [9.17, 15) is 28.1 Å². The van der Waals surface area contributed by atoms with Gasteiger partial charge in [-0.05, 0) is 83.7 Å². The van der Waals surface area contributed by atoms with Gasteiger partial charge in [0.1, 0.15) is 17.4 Å². The van der Waals surface area contributed by atoms with Crippen LogP contribution in [0.15, 0.2) is 53.4 Å². The number of hydrogen-bond donors (Lipinski definition) is 1. The van der Waals surface area contributed by atoms with Crippen LogP contribution in [-0.4, -0.2) is 77.1 Å². The predicted octanol–water partition coefficient (Wildman–Crippen LogP) is 4.50. The quantitative estimate of drug-likeness (QED) is 0.345. The van der Waals surface area contributed by atoms with Crippen LogP contribution in [0.1, 0.15) is 53.0 Å². The van der Waals surface area contributed by atoms with Gasteiger partial charge < -0.3 is 14.8 Å². The van der Waals surface area contributed by atoms with Crippen LogP contribution in [0, 0.1) is 10.1 Å². The summed E-state index contributed by atoms with van der Waals surface area (Å²) in [7, 11) is -4.06. The van der Waals surface area contributed by atoms with Crippen molar-refractivity contribution in [2.24, 2.45) is 0 Å². The molecule has 2 aromatic rings. The van der Waals surface area contributed by atoms with E-state index in [0.29, 0.717) is 17.9 Å². The highest BCUT2D eigenvalue weighted by atomic mass is 35.5. The maximum absolute atomic E-state index is 14.0. The molecule has 0 bridgehead atoms. The first kappa shape index (κ1) is 32.6. The number of carbonyl (C=O) groups is 2. The summed E-state index contributed by atoms with van der Waals surface area (Å²) >= 11 is 6.10. The number of carbonyl (C=O) groups excluding carboxylic acids is 2. The third-order valence-corrected chi connectivity index (χ3v) is 9.56. The van der Waals surface area contributed by atoms with Gasteiger partial charge in [0.05, 0.1) is 22.0 Å². The zero-order valence-electron chi connectivity index (χ0n) is 24.8. The number of nitrogens with one attached hydrogen (secondary N) is 1. The molecule has 1 N–H and O–H groups in total. The van der Waals surface area contributed by atoms with E-state index in [-0.39, 0.29) is 36.7 Å². The Balaban J connectivity index is 1.66. The molecule has 2 fully saturated rings. The van der Waals surface area contributed by atoms with Crippen LogP contribution >= 0.6 is 11.6 Å². The van der Waals surface area contributed by atoms with Crippen LogP contribution in [-0.2, 0) is 30.7 Å². The van der Waals surface area contributed by atoms with Crippen molar-refractivity contribution < 1.29 is 32.4 Å². The van der Waals surface area contributed by atoms with Gasteiger partial charge in [0.2, 0.25) is 15.9 Å². The SMILES string of the molecule is CC(C)(C)OC(=O)N1C(C(=O)NC2(Cc3ccc(Cl)cc3)CCCN(S(=O)(=O)c3ccc([N+](=O)[O-])cc3)C2)COC1(C)C. The lowest BCUT2D eigenvalue weighted by atomic mass is 9.83. The van der Waals surface area contributed by atoms with Crippen molar-refractivity contribution in [2.45, 2.75) is 81.7 Å². The number of nitro groups is 1. The fraction of sp³-hybridized carbons (Fsp3) is 0.517. The number of non-ortho nitro benzene ring substituents is 1. The Morgan fingerprint density at radius 2 is 1.77 bits per heavy atom. The summed E-state index contributed by atoms with van der Waals surface area (Å²) in [6, 6.07) is 10.8. The molecule has 2 atom stereocenters. The Hall–Kier alpha value is -3.26. The highest BCUT2D eigenvalue weighted by molar-refractivity contribution is 7.89. The summed E-state index contributed by atoms with van der Waals surface area (Å²) in [6.07, 6.45) is 0.471. The minimum absolute atomic E-state index is 0.0654. The fourth-order valence-corrected chi connectivity index (χ4v) is 7.16. The Morgan fingerprint density at radius 1 is 1.14 bits per heavy atom. The zero-order valence-corrected chi connectivity index (χ0v) is 26.4. The molecule has 0 spiro atoms. The minimum atomic E-state index is -4.06. The first-order chi connectivity index (χ1) is 19.9. The average molecular weight is 637 g/mol. The summed E-state index contributed by atoms with van der Waals surface area (Å²) in [6.45, 7) is 8.60. The summed E-state index contributed by atoms with van der Waals surface area (Å²) in [5.41, 5.74) is -2.37. The molecule has 43 heavy (non-hydrogen) atoms. The van der Waals surface area contributed by atoms with Crippen molar-refractivity contribution in [1.82, 2.24) is 14.5 Å². The van der Waals surface area contributed by atoms with E-state index in [1.165, 1.54) is 21.3 Å². The van der Waals surface area contributed by atoms with Crippen molar-refractivity contribution in [3.05, 3.63) is 69.2 Å². The zero-order chi connectivity index (χ0) is 31.8. The summed E-state index contributed by atoms with van der Waals surface area (Å²) in [5, 5.41) is 14.7. The molecule has 0 aliphatic carbocycles. The normalized spacial score (nSPS) is 22.7. The third-order valence-electron chi connectivity index (χ3n) is 7.45. The molecule has 4 rings (SSSR count). The predicted molar refractivity (Wildman–Crippen MR) is 159 cm³/mol. The summed E-state index contributed by atoms with van der Waals surface area (Å²) < 4.78 is 40.1. The van der Waals surface area contributed by atoms with Crippen molar-refractivity contribution in [2.75, 3.05) is 19.7 Å². The molecular weight excluding hydrogens is 600 g/mol. The molecule has 12 nitrogen and oxygen atoms in total. The van der Waals surface area contributed by atoms with Gasteiger partial charge in [0, 0.05) is 30.2 Å². The molecule has 2 aliphatic rings. The molecule has 0 radical (unpaired) electrons. The Kier molecular flexibility index (Phi) is 9.13. The van der Waals surface area contributed by atoms with Gasteiger partial charge in [0.25, 0.3) is 5.69 Å². The monoisotopic (exact) mass is 636 g/mol. The molecule has 2 aromatic carbocycles. The van der Waals surface area contributed by atoms with Crippen molar-refractivity contribution in [3.8, 4) is 0 Å². The number of amides is 2. The molecule has 0 saturated carbocycles. The molecule has 2 saturated heterocycles. The molecule has 14 heteroatoms. The molecule has 234 valence electrons. The number of benzene rings is 2. The molecule has 2 unspecified atom stereocenters. The van der Waals surface area contributed by atoms with Gasteiger partial charge >= 0.3 is 6.09 Å². The molecular formula is C29H37ClN4O8S. The number of piperidine rings is 1. The van der Waals surface area contributed by atoms with Crippen LogP contribution in [0.25, 0.3) is 0 Å². The van der Waals surface area contributed by atoms with E-state index >= 15 is 0 Å². The molecule has 0 aromatic heterocycles. The highest BCUT2D eigenvalue weighted by Gasteiger charge is 2.51. The lowest BCUT2D eigenvalue weighted by Gasteiger charge is -2.44. The van der Waals surface area contributed by atoms with Gasteiger partial charge in [-0.1, -0.05) is 23.7 Å². The third kappa shape index (κ3) is 7.46. The van der Waals surface area contributed by atoms with Crippen LogP contribution in [0.3, 0.4) is 0 Å². The topological polar surface area (TPSA) is 148 Å². The molecule has 2 aliphatic heterocycles. The second-order valence-corrected chi connectivity index (χ2v) is 14.8. The van der Waals surface area contributed by atoms with Crippen molar-refractivity contribution in [1.29, 1.82) is 0 Å². The van der Waals surface area contributed by atoms with Gasteiger partial charge in [-0.25, -0.2) is 13.2 Å². The highest BCUT2D eigenvalue weighted by Crippen LogP contribution is 2.33. The Labute approximate surface area is 256 Å². The Morgan fingerprint density at radius 3 is 2.35 bits per heavy atom. The van der Waals surface area contributed by atoms with E-state index in [0.717, 1.165) is 17.7 Å². The van der Waals surface area contributed by atoms with E-state index in [4.69, 9.17) is 21.1 Å². The number of rotatable bonds is 7. The second kappa shape index (κ2) is 12.0. The van der Waals surface area contributed by atoms with Crippen molar-refractivity contribution in [3.63, 3.8) is 0 Å². The number of sulfonamides is 1. The second-order valence-electron chi connectivity index (χ2n) is 12.4. The van der Waals surface area contributed by atoms with E-state index in [2.05, 4.69) is 5.32 Å². The lowest BCUT2D eigenvalue weighted by molar-refractivity contribution is -0.384. The van der Waals surface area contributed by atoms with Crippen LogP contribution < -0.4 is 5.32 Å². The van der Waals surface area contributed by atoms with Crippen LogP contribution in [0.2, 0.25) is 5.02 Å². The van der Waals surface area contributed by atoms with Gasteiger partial charge in [-0.15, -0.1) is 0 Å². The van der Waals surface area contributed by atoms with Crippen LogP contribution in [0.5, 0.6) is 0 Å². The lowest BCUT2D eigenvalue weighted by Crippen LogP contribution is -2.64. The summed E-state index contributed by atoms with van der Waals surface area (Å²) in [4.78, 5) is 38.8. The van der Waals surface area contributed by atoms with Gasteiger partial charge in [0.15, 0.2) is 0 Å². The van der Waals surface area contributed by atoms with Gasteiger partial charge in [-0.2, -0.15) is 4.31 Å². The smallest absolute Gasteiger partial charge is 0.413 e. The average Bonchev–Trinajstić information content (AvgIpc) is 3.24. The standard InChI is InChI=1S/C29H37ClN4O8S/c1-27(2,3)42-26(36)33-24(18-41-28(33,4)5)25(35)31-29(17-20-7-9-21(30)10-8-20)15-6-16-32(19-29)43(39,40)23-13-11-22(12-14-23)34(37)38/h7-14,24H,6,15-19H2,1-5H3,(H,31,35). The molecule has 2 amide bonds. The minimum Gasteiger partial charge on any atom is -0.444 e.